The zero-order chi connectivity index (χ0) is 24.3. The Morgan fingerprint density at radius 1 is 0.618 bits per heavy atom. The summed E-state index contributed by atoms with van der Waals surface area (Å²) in [5.74, 6) is 2.79. The van der Waals surface area contributed by atoms with E-state index in [2.05, 4.69) is 52.0 Å². The Morgan fingerprint density at radius 2 is 0.971 bits per heavy atom. The molecule has 2 nitrogen and oxygen atoms in total. The van der Waals surface area contributed by atoms with E-state index < -0.39 is 0 Å². The van der Waals surface area contributed by atoms with Crippen LogP contribution in [0.5, 0.6) is 11.5 Å². The molecule has 2 fully saturated rings. The van der Waals surface area contributed by atoms with Crippen LogP contribution in [0.4, 0.5) is 0 Å². The number of aromatic hydroxyl groups is 2. The van der Waals surface area contributed by atoms with E-state index in [1.54, 1.807) is 23.5 Å². The lowest BCUT2D eigenvalue weighted by molar-refractivity contribution is 0.306. The normalized spacial score (nSPS) is 19.8. The van der Waals surface area contributed by atoms with Gasteiger partial charge in [-0.3, -0.25) is 0 Å². The molecule has 4 heteroatoms. The molecule has 0 unspecified atom stereocenters. The lowest BCUT2D eigenvalue weighted by atomic mass is 9.70. The van der Waals surface area contributed by atoms with Crippen molar-refractivity contribution in [1.29, 1.82) is 0 Å². The van der Waals surface area contributed by atoms with E-state index in [1.807, 2.05) is 0 Å². The summed E-state index contributed by atoms with van der Waals surface area (Å²) in [6.07, 6.45) is 12.3. The zero-order valence-corrected chi connectivity index (χ0v) is 23.1. The highest BCUT2D eigenvalue weighted by molar-refractivity contribution is 8.03. The minimum Gasteiger partial charge on any atom is -0.506 e. The number of phenolic OH excluding ortho intramolecular Hbond substituents is 2. The van der Waals surface area contributed by atoms with E-state index in [1.165, 1.54) is 49.7 Å². The summed E-state index contributed by atoms with van der Waals surface area (Å²) in [5, 5.41) is 22.3. The highest BCUT2D eigenvalue weighted by Crippen LogP contribution is 2.48. The maximum Gasteiger partial charge on any atom is 0.132 e. The summed E-state index contributed by atoms with van der Waals surface area (Å²) in [6, 6.07) is 8.67. The second-order valence-corrected chi connectivity index (χ2v) is 13.5. The van der Waals surface area contributed by atoms with Gasteiger partial charge in [-0.1, -0.05) is 64.5 Å². The quantitative estimate of drug-likeness (QED) is 0.295. The lowest BCUT2D eigenvalue weighted by Gasteiger charge is -2.35. The Kier molecular flexibility index (Phi) is 8.19. The fourth-order valence-corrected chi connectivity index (χ4v) is 8.28. The largest absolute Gasteiger partial charge is 0.506 e. The van der Waals surface area contributed by atoms with Gasteiger partial charge in [0.05, 0.1) is 0 Å². The van der Waals surface area contributed by atoms with Crippen molar-refractivity contribution in [3.05, 3.63) is 46.5 Å². The van der Waals surface area contributed by atoms with Crippen LogP contribution in [0.25, 0.3) is 0 Å². The van der Waals surface area contributed by atoms with Crippen LogP contribution in [0.1, 0.15) is 100 Å². The van der Waals surface area contributed by atoms with E-state index in [0.717, 1.165) is 58.1 Å². The zero-order valence-electron chi connectivity index (χ0n) is 21.5. The molecule has 2 aromatic rings. The third-order valence-corrected chi connectivity index (χ3v) is 10.6. The third kappa shape index (κ3) is 5.59. The Bertz CT molecular complexity index is 920. The molecule has 0 amide bonds. The van der Waals surface area contributed by atoms with Crippen LogP contribution in [0.2, 0.25) is 0 Å². The van der Waals surface area contributed by atoms with Gasteiger partial charge in [0.25, 0.3) is 0 Å². The van der Waals surface area contributed by atoms with Gasteiger partial charge in [0.15, 0.2) is 0 Å². The second kappa shape index (κ2) is 10.8. The van der Waals surface area contributed by atoms with E-state index in [4.69, 9.17) is 0 Å². The molecule has 186 valence electrons. The van der Waals surface area contributed by atoms with Gasteiger partial charge in [0.2, 0.25) is 0 Å². The number of aryl methyl sites for hydroxylation is 2. The average Bonchev–Trinajstić information content (AvgIpc) is 2.81. The van der Waals surface area contributed by atoms with Crippen LogP contribution >= 0.6 is 23.5 Å². The third-order valence-electron chi connectivity index (χ3n) is 8.25. The first-order valence-corrected chi connectivity index (χ1v) is 15.1. The first kappa shape index (κ1) is 25.8. The Hall–Kier alpha value is -1.26. The number of hydrogen-bond acceptors (Lipinski definition) is 4. The molecule has 0 bridgehead atoms. The van der Waals surface area contributed by atoms with E-state index in [-0.39, 0.29) is 10.8 Å². The van der Waals surface area contributed by atoms with Crippen molar-refractivity contribution < 1.29 is 10.2 Å². The van der Waals surface area contributed by atoms with Crippen molar-refractivity contribution in [2.75, 3.05) is 11.5 Å². The van der Waals surface area contributed by atoms with Crippen molar-refractivity contribution in [2.24, 2.45) is 0 Å². The molecular weight excluding hydrogens is 456 g/mol. The minimum absolute atomic E-state index is 0.0946. The molecular formula is C30H42O2S2. The molecule has 0 aliphatic heterocycles. The SMILES string of the molecule is Cc1cc(SCCSc2cc(C)cc(C3(C)CCCCC3)c2O)c(O)c(C2(C)CCCCC2)c1. The average molecular weight is 499 g/mol. The lowest BCUT2D eigenvalue weighted by Crippen LogP contribution is -2.25. The van der Waals surface area contributed by atoms with E-state index in [9.17, 15) is 10.2 Å². The molecule has 0 aromatic heterocycles. The first-order chi connectivity index (χ1) is 16.2. The van der Waals surface area contributed by atoms with Gasteiger partial charge < -0.3 is 10.2 Å². The molecule has 2 aliphatic rings. The molecule has 0 radical (unpaired) electrons. The van der Waals surface area contributed by atoms with Gasteiger partial charge >= 0.3 is 0 Å². The fraction of sp³-hybridized carbons (Fsp3) is 0.600. The van der Waals surface area contributed by atoms with Crippen molar-refractivity contribution in [1.82, 2.24) is 0 Å². The van der Waals surface area contributed by atoms with Gasteiger partial charge in [-0.25, -0.2) is 0 Å². The highest BCUT2D eigenvalue weighted by Gasteiger charge is 2.33. The van der Waals surface area contributed by atoms with Crippen molar-refractivity contribution in [3.63, 3.8) is 0 Å². The van der Waals surface area contributed by atoms with Crippen LogP contribution in [0.3, 0.4) is 0 Å². The van der Waals surface area contributed by atoms with Crippen LogP contribution in [0, 0.1) is 13.8 Å². The van der Waals surface area contributed by atoms with Gasteiger partial charge in [-0.2, -0.15) is 0 Å². The van der Waals surface area contributed by atoms with Crippen molar-refractivity contribution >= 4 is 23.5 Å². The van der Waals surface area contributed by atoms with Gasteiger partial charge in [-0.15, -0.1) is 23.5 Å². The number of phenols is 2. The van der Waals surface area contributed by atoms with E-state index >= 15 is 0 Å². The molecule has 2 saturated carbocycles. The predicted molar refractivity (Wildman–Crippen MR) is 148 cm³/mol. The highest BCUT2D eigenvalue weighted by atomic mass is 32.2. The molecule has 0 heterocycles. The molecule has 4 rings (SSSR count). The van der Waals surface area contributed by atoms with Crippen molar-refractivity contribution in [3.8, 4) is 11.5 Å². The Labute approximate surface area is 215 Å². The maximum atomic E-state index is 11.2. The maximum absolute atomic E-state index is 11.2. The molecule has 0 atom stereocenters. The van der Waals surface area contributed by atoms with Gasteiger partial charge in [0, 0.05) is 32.4 Å². The van der Waals surface area contributed by atoms with Crippen LogP contribution in [-0.4, -0.2) is 21.7 Å². The number of benzene rings is 2. The summed E-state index contributed by atoms with van der Waals surface area (Å²) < 4.78 is 0. The second-order valence-electron chi connectivity index (χ2n) is 11.3. The predicted octanol–water partition coefficient (Wildman–Crippen LogP) is 9.04. The molecule has 2 aliphatic carbocycles. The summed E-state index contributed by atoms with van der Waals surface area (Å²) in [6.45, 7) is 8.95. The van der Waals surface area contributed by atoms with Gasteiger partial charge in [-0.05, 0) is 73.6 Å². The van der Waals surface area contributed by atoms with Gasteiger partial charge in [0.1, 0.15) is 11.5 Å². The summed E-state index contributed by atoms with van der Waals surface area (Å²) in [5.41, 5.74) is 4.94. The summed E-state index contributed by atoms with van der Waals surface area (Å²) in [4.78, 5) is 2.01. The monoisotopic (exact) mass is 498 g/mol. The minimum atomic E-state index is 0.0946. The Balaban J connectivity index is 1.44. The van der Waals surface area contributed by atoms with Crippen LogP contribution < -0.4 is 0 Å². The Morgan fingerprint density at radius 3 is 1.32 bits per heavy atom. The standard InChI is InChI=1S/C30H42O2S2/c1-21-17-23(29(3)11-7-5-8-12-29)27(31)25(19-21)33-15-16-34-26-20-22(2)18-24(28(26)32)30(4)13-9-6-10-14-30/h17-20,31-32H,5-16H2,1-4H3. The number of hydrogen-bond donors (Lipinski definition) is 2. The fourth-order valence-electron chi connectivity index (χ4n) is 6.14. The van der Waals surface area contributed by atoms with E-state index in [0.29, 0.717) is 11.5 Å². The first-order valence-electron chi connectivity index (χ1n) is 13.2. The summed E-state index contributed by atoms with van der Waals surface area (Å²) >= 11 is 3.49. The molecule has 2 aromatic carbocycles. The summed E-state index contributed by atoms with van der Waals surface area (Å²) in [7, 11) is 0. The molecule has 0 spiro atoms. The van der Waals surface area contributed by atoms with Crippen LogP contribution in [0.15, 0.2) is 34.1 Å². The molecule has 2 N–H and O–H groups in total. The topological polar surface area (TPSA) is 40.5 Å². The smallest absolute Gasteiger partial charge is 0.132 e. The van der Waals surface area contributed by atoms with Crippen molar-refractivity contribution in [2.45, 2.75) is 113 Å². The molecule has 34 heavy (non-hydrogen) atoms. The van der Waals surface area contributed by atoms with Crippen LogP contribution in [-0.2, 0) is 10.8 Å². The molecule has 0 saturated heterocycles. The number of thioether (sulfide) groups is 2. The number of rotatable bonds is 7.